The first-order valence-electron chi connectivity index (χ1n) is 44.4. The Kier molecular flexibility index (Phi) is 77.3. The quantitative estimate of drug-likeness (QED) is 0.00922. The zero-order chi connectivity index (χ0) is 83.3. The summed E-state index contributed by atoms with van der Waals surface area (Å²) in [4.78, 5) is 103. The van der Waals surface area contributed by atoms with Gasteiger partial charge < -0.3 is 72.5 Å². The number of phosphoric ester groups is 2. The summed E-state index contributed by atoms with van der Waals surface area (Å²) in [6.45, 7) is 12.9. The molecule has 1 aliphatic heterocycles. The molecule has 8 N–H and O–H groups in total. The maximum atomic E-state index is 13.9. The second kappa shape index (κ2) is 77.1. The number of allylic oxidation sites excluding steroid dienone is 4. The molecule has 26 nitrogen and oxygen atoms in total. The van der Waals surface area contributed by atoms with Crippen molar-refractivity contribution in [2.75, 3.05) is 65.9 Å². The van der Waals surface area contributed by atoms with Crippen LogP contribution in [-0.2, 0) is 84.4 Å². The number of aliphatic hydroxyl groups is 2. The topological polar surface area (TPSA) is 358 Å². The van der Waals surface area contributed by atoms with Gasteiger partial charge in [0.1, 0.15) is 12.2 Å². The fourth-order valence-electron chi connectivity index (χ4n) is 13.0. The normalized spacial score (nSPS) is 16.7. The molecular formula is C85H162N4Na2O22P2. The summed E-state index contributed by atoms with van der Waals surface area (Å²) >= 11 is 0. The molecule has 0 bridgehead atoms. The first-order chi connectivity index (χ1) is 54.4. The van der Waals surface area contributed by atoms with E-state index >= 15 is 0 Å². The van der Waals surface area contributed by atoms with Crippen LogP contribution in [0.3, 0.4) is 0 Å². The maximum absolute atomic E-state index is 13.9. The average Bonchev–Trinajstić information content (AvgIpc) is 1.66. The van der Waals surface area contributed by atoms with Gasteiger partial charge in [-0.3, -0.25) is 46.9 Å². The predicted octanol–water partition coefficient (Wildman–Crippen LogP) is 11.7. The third-order valence-corrected chi connectivity index (χ3v) is 21.6. The van der Waals surface area contributed by atoms with Gasteiger partial charge in [0, 0.05) is 39.1 Å². The predicted molar refractivity (Wildman–Crippen MR) is 447 cm³/mol. The van der Waals surface area contributed by atoms with Crippen LogP contribution in [0.5, 0.6) is 0 Å². The molecular weight excluding hydrogens is 1540 g/mol. The van der Waals surface area contributed by atoms with E-state index in [1.54, 1.807) is 0 Å². The average molecular weight is 1700 g/mol. The van der Waals surface area contributed by atoms with E-state index in [9.17, 15) is 57.9 Å². The van der Waals surface area contributed by atoms with Crippen molar-refractivity contribution in [1.82, 2.24) is 21.3 Å². The SMILES string of the molecule is CCCCCC/C=C/CCCC(=O)O[C@H](CCCCCCC)CC(=O)NC(COCC[C@H](O)CCCCCCC)COP(=O)(O)OCCNC(=O)[C@H]1OC(C)(C)O[C@@H]1C(=O)NCCOP(=O)(O)OCC(COCC[C@H](O)CCCCCCC)NC(=O)C[C@H](CCCCCCCCCCC)OC(=O)CCC/C=C/CCCCCC.[H-].[H-].[Na+].[Na+]. The van der Waals surface area contributed by atoms with Crippen molar-refractivity contribution in [3.05, 3.63) is 24.3 Å². The Balaban J connectivity index is -0.0000160. The van der Waals surface area contributed by atoms with E-state index in [0.29, 0.717) is 51.4 Å². The van der Waals surface area contributed by atoms with Gasteiger partial charge in [0.25, 0.3) is 11.8 Å². The van der Waals surface area contributed by atoms with Crippen molar-refractivity contribution in [3.63, 3.8) is 0 Å². The molecule has 0 aromatic rings. The Morgan fingerprint density at radius 2 is 0.696 bits per heavy atom. The molecule has 4 amide bonds. The van der Waals surface area contributed by atoms with Gasteiger partial charge in [-0.15, -0.1) is 0 Å². The van der Waals surface area contributed by atoms with Gasteiger partial charge in [0.05, 0.1) is 76.8 Å². The summed E-state index contributed by atoms with van der Waals surface area (Å²) in [6, 6.07) is -1.97. The Morgan fingerprint density at radius 3 is 1.03 bits per heavy atom. The number of unbranched alkanes of at least 4 members (excludes halogenated alkanes) is 30. The molecule has 0 aromatic heterocycles. The van der Waals surface area contributed by atoms with E-state index in [1.807, 2.05) is 0 Å². The number of aliphatic hydroxyl groups excluding tert-OH is 2. The van der Waals surface area contributed by atoms with Crippen molar-refractivity contribution in [2.45, 2.75) is 418 Å². The molecule has 666 valence electrons. The van der Waals surface area contributed by atoms with Crippen molar-refractivity contribution in [2.24, 2.45) is 0 Å². The number of rotatable bonds is 80. The van der Waals surface area contributed by atoms with Crippen LogP contribution in [0.15, 0.2) is 24.3 Å². The summed E-state index contributed by atoms with van der Waals surface area (Å²) in [7, 11) is -9.75. The molecule has 30 heteroatoms. The Labute approximate surface area is 741 Å². The number of ether oxygens (including phenoxy) is 6. The second-order valence-corrected chi connectivity index (χ2v) is 34.0. The molecule has 4 unspecified atom stereocenters. The smallest absolute Gasteiger partial charge is 1.00 e. The number of amides is 4. The van der Waals surface area contributed by atoms with Crippen molar-refractivity contribution in [1.29, 1.82) is 0 Å². The summed E-state index contributed by atoms with van der Waals surface area (Å²) in [6.07, 6.45) is 45.0. The van der Waals surface area contributed by atoms with Gasteiger partial charge in [-0.2, -0.15) is 0 Å². The van der Waals surface area contributed by atoms with E-state index in [4.69, 9.17) is 46.5 Å². The minimum Gasteiger partial charge on any atom is -1.00 e. The first-order valence-corrected chi connectivity index (χ1v) is 47.3. The van der Waals surface area contributed by atoms with Crippen LogP contribution in [0.4, 0.5) is 0 Å². The first kappa shape index (κ1) is 115. The van der Waals surface area contributed by atoms with Crippen LogP contribution in [-0.4, -0.2) is 176 Å². The van der Waals surface area contributed by atoms with E-state index < -0.39 is 126 Å². The zero-order valence-electron chi connectivity index (χ0n) is 75.5. The van der Waals surface area contributed by atoms with Gasteiger partial charge >= 0.3 is 86.7 Å². The molecule has 1 rings (SSSR count). The summed E-state index contributed by atoms with van der Waals surface area (Å²) in [5.41, 5.74) is 0. The van der Waals surface area contributed by atoms with Crippen LogP contribution in [0.1, 0.15) is 366 Å². The number of carbonyl (C=O) groups excluding carboxylic acids is 6. The molecule has 0 aliphatic carbocycles. The largest absolute Gasteiger partial charge is 1.00 e. The molecule has 1 saturated heterocycles. The molecule has 1 heterocycles. The molecule has 0 spiro atoms. The molecule has 0 saturated carbocycles. The van der Waals surface area contributed by atoms with Crippen LogP contribution >= 0.6 is 15.6 Å². The minimum atomic E-state index is -4.88. The van der Waals surface area contributed by atoms with Crippen LogP contribution in [0.25, 0.3) is 0 Å². The summed E-state index contributed by atoms with van der Waals surface area (Å²) in [5.74, 6) is -4.90. The Hall–Kier alpha value is -1.72. The van der Waals surface area contributed by atoms with Gasteiger partial charge in [-0.1, -0.05) is 246 Å². The molecule has 0 aromatic carbocycles. The number of esters is 2. The summed E-state index contributed by atoms with van der Waals surface area (Å²) in [5, 5.41) is 32.0. The fourth-order valence-corrected chi connectivity index (χ4v) is 14.5. The van der Waals surface area contributed by atoms with Crippen LogP contribution in [0, 0.1) is 0 Å². The summed E-state index contributed by atoms with van der Waals surface area (Å²) < 4.78 is 83.2. The molecule has 115 heavy (non-hydrogen) atoms. The number of carbonyl (C=O) groups is 6. The van der Waals surface area contributed by atoms with Gasteiger partial charge in [0.15, 0.2) is 18.0 Å². The van der Waals surface area contributed by atoms with Crippen LogP contribution < -0.4 is 80.4 Å². The fraction of sp³-hybridized carbons (Fsp3) is 0.882. The van der Waals surface area contributed by atoms with Gasteiger partial charge in [-0.05, 0) is 117 Å². The number of phosphoric acid groups is 2. The van der Waals surface area contributed by atoms with Gasteiger partial charge in [0.2, 0.25) is 11.8 Å². The van der Waals surface area contributed by atoms with E-state index in [1.165, 1.54) is 78.1 Å². The number of hydrogen-bond acceptors (Lipinski definition) is 20. The standard InChI is InChI=1S/C85H160N4O22P2.2Na.2H/c1-9-15-21-27-30-33-36-42-48-54-76(109-80(95)56-50-44-38-35-32-29-23-17-11-3)66-78(93)89-72(68-103-62-58-74(91)52-46-40-25-19-13-5)70-107-113(100,101)105-64-60-87-84(97)82-81(110-85(7,8)111-82)83(96)86-59-63-104-112(98,99)106-69-71(67-102-61-57-73(90)51-45-39-24-18-12-4)88-77(92)65-75(53-47-41-26-20-14-6)108-79(94)55-49-43-37-34-31-28-22-16-10-2;;;;/h34-35,37-38,71-76,81-82,90-91H,9-33,36,39-70H2,1-8H3,(H,86,96)(H,87,97)(H,88,92)(H,89,93)(H,98,99)(H,100,101);;;;/q;2*+1;2*-1/b37-34+,38-35+;;;;/t71?,72?,73-,74-,75-,76+,81+,82+;;;;/m1..../s1. The van der Waals surface area contributed by atoms with Crippen molar-refractivity contribution >= 4 is 51.2 Å². The van der Waals surface area contributed by atoms with E-state index in [-0.39, 0.29) is 133 Å². The van der Waals surface area contributed by atoms with Gasteiger partial charge in [-0.25, -0.2) is 9.13 Å². The minimum absolute atomic E-state index is 0. The number of hydrogen-bond donors (Lipinski definition) is 8. The van der Waals surface area contributed by atoms with Crippen molar-refractivity contribution in [3.8, 4) is 0 Å². The van der Waals surface area contributed by atoms with E-state index in [0.717, 1.165) is 167 Å². The second-order valence-electron chi connectivity index (χ2n) is 31.1. The monoisotopic (exact) mass is 1700 g/mol. The van der Waals surface area contributed by atoms with E-state index in [2.05, 4.69) is 87.1 Å². The number of nitrogens with one attached hydrogen (secondary N) is 4. The molecule has 10 atom stereocenters. The third kappa shape index (κ3) is 69.4. The van der Waals surface area contributed by atoms with Crippen molar-refractivity contribution < 1.29 is 166 Å². The zero-order valence-corrected chi connectivity index (χ0v) is 79.3. The van der Waals surface area contributed by atoms with Crippen LogP contribution in [0.2, 0.25) is 0 Å². The maximum Gasteiger partial charge on any atom is 1.00 e. The Bertz CT molecular complexity index is 2580. The third-order valence-electron chi connectivity index (χ3n) is 19.6. The molecule has 1 aliphatic rings. The molecule has 1 fully saturated rings. The Morgan fingerprint density at radius 1 is 0.400 bits per heavy atom. The molecule has 0 radical (unpaired) electrons.